The summed E-state index contributed by atoms with van der Waals surface area (Å²) in [5, 5.41) is 17.2. The second kappa shape index (κ2) is 13.7. The van der Waals surface area contributed by atoms with Gasteiger partial charge in [0.25, 0.3) is 0 Å². The Kier molecular flexibility index (Phi) is 10.9. The van der Waals surface area contributed by atoms with Gasteiger partial charge >= 0.3 is 24.3 Å². The third-order valence-corrected chi connectivity index (χ3v) is 5.35. The Morgan fingerprint density at radius 1 is 1.00 bits per heavy atom. The van der Waals surface area contributed by atoms with Crippen molar-refractivity contribution in [2.75, 3.05) is 18.0 Å². The molecule has 39 heavy (non-hydrogen) atoms. The number of fused-ring (bicyclic) bond motifs is 1. The van der Waals surface area contributed by atoms with Crippen molar-refractivity contribution in [2.24, 2.45) is 5.92 Å². The lowest BCUT2D eigenvalue weighted by Crippen LogP contribution is -2.43. The van der Waals surface area contributed by atoms with Crippen molar-refractivity contribution >= 4 is 23.8 Å². The molecule has 17 heteroatoms. The van der Waals surface area contributed by atoms with Crippen molar-refractivity contribution in [1.82, 2.24) is 20.3 Å². The number of amides is 1. The van der Waals surface area contributed by atoms with Gasteiger partial charge in [-0.2, -0.15) is 26.3 Å². The van der Waals surface area contributed by atoms with E-state index in [9.17, 15) is 31.1 Å². The molecule has 1 amide bonds. The molecule has 214 valence electrons. The number of aliphatic carboxylic acids is 2. The number of carboxylic acids is 2. The lowest BCUT2D eigenvalue weighted by molar-refractivity contribution is -0.193. The molecule has 2 aliphatic heterocycles. The fraction of sp³-hybridized carbons (Fsp3) is 0.455. The number of hydrogen-bond acceptors (Lipinski definition) is 8. The highest BCUT2D eigenvalue weighted by atomic mass is 19.4. The molecule has 2 saturated heterocycles. The van der Waals surface area contributed by atoms with Crippen LogP contribution in [0.25, 0.3) is 0 Å². The quantitative estimate of drug-likeness (QED) is 0.470. The van der Waals surface area contributed by atoms with Gasteiger partial charge in [0, 0.05) is 44.4 Å². The molecule has 0 unspecified atom stereocenters. The van der Waals surface area contributed by atoms with Crippen molar-refractivity contribution in [3.63, 3.8) is 0 Å². The van der Waals surface area contributed by atoms with Crippen LogP contribution in [0.1, 0.15) is 18.4 Å². The molecule has 3 atom stereocenters. The van der Waals surface area contributed by atoms with E-state index in [0.717, 1.165) is 37.4 Å². The minimum atomic E-state index is -5.08. The summed E-state index contributed by atoms with van der Waals surface area (Å²) in [5.41, 5.74) is 0.985. The van der Waals surface area contributed by atoms with E-state index in [-0.39, 0.29) is 18.1 Å². The van der Waals surface area contributed by atoms with Crippen molar-refractivity contribution in [3.05, 3.63) is 48.5 Å². The zero-order chi connectivity index (χ0) is 29.2. The monoisotopic (exact) mass is 567 g/mol. The molecule has 2 aliphatic rings. The number of alkyl halides is 6. The summed E-state index contributed by atoms with van der Waals surface area (Å²) in [6.45, 7) is 2.12. The Hall–Kier alpha value is -4.02. The van der Waals surface area contributed by atoms with Gasteiger partial charge in [0.2, 0.25) is 11.9 Å². The third-order valence-electron chi connectivity index (χ3n) is 5.35. The maximum absolute atomic E-state index is 12.4. The molecular weight excluding hydrogens is 544 g/mol. The molecule has 0 radical (unpaired) electrons. The highest BCUT2D eigenvalue weighted by Crippen LogP contribution is 2.34. The molecule has 0 aliphatic carbocycles. The lowest BCUT2D eigenvalue weighted by Gasteiger charge is -2.33. The zero-order valence-electron chi connectivity index (χ0n) is 19.9. The average Bonchev–Trinajstić information content (AvgIpc) is 3.32. The number of ether oxygens (including phenoxy) is 1. The number of pyridine rings is 1. The predicted molar refractivity (Wildman–Crippen MR) is 119 cm³/mol. The Labute approximate surface area is 216 Å². The number of aromatic nitrogens is 3. The molecule has 4 heterocycles. The summed E-state index contributed by atoms with van der Waals surface area (Å²) in [6.07, 6.45) is -1.72. The van der Waals surface area contributed by atoms with Crippen molar-refractivity contribution in [3.8, 4) is 0 Å². The number of carbonyl (C=O) groups is 3. The minimum Gasteiger partial charge on any atom is -0.475 e. The maximum Gasteiger partial charge on any atom is 0.490 e. The van der Waals surface area contributed by atoms with E-state index >= 15 is 0 Å². The van der Waals surface area contributed by atoms with Gasteiger partial charge in [0.05, 0.1) is 6.10 Å². The molecule has 2 fully saturated rings. The van der Waals surface area contributed by atoms with Gasteiger partial charge in [-0.1, -0.05) is 6.07 Å². The Bertz CT molecular complexity index is 1070. The molecule has 11 nitrogen and oxygen atoms in total. The normalized spacial score (nSPS) is 20.4. The Balaban J connectivity index is 0.000000317. The molecule has 2 aromatic rings. The van der Waals surface area contributed by atoms with Gasteiger partial charge in [-0.25, -0.2) is 19.6 Å². The molecule has 4 rings (SSSR count). The van der Waals surface area contributed by atoms with Crippen molar-refractivity contribution in [1.29, 1.82) is 0 Å². The number of nitrogens with one attached hydrogen (secondary N) is 1. The number of carboxylic acid groups (broad SMARTS) is 2. The molecule has 0 saturated carbocycles. The van der Waals surface area contributed by atoms with E-state index in [1.807, 2.05) is 18.2 Å². The third kappa shape index (κ3) is 10.3. The molecular formula is C22H23F6N5O6. The van der Waals surface area contributed by atoms with Crippen LogP contribution >= 0.6 is 0 Å². The highest BCUT2D eigenvalue weighted by molar-refractivity contribution is 5.81. The lowest BCUT2D eigenvalue weighted by atomic mass is 9.92. The van der Waals surface area contributed by atoms with Crippen LogP contribution in [-0.4, -0.2) is 80.7 Å². The van der Waals surface area contributed by atoms with Crippen molar-refractivity contribution in [2.45, 2.75) is 43.9 Å². The van der Waals surface area contributed by atoms with Crippen LogP contribution in [-0.2, 0) is 25.7 Å². The van der Waals surface area contributed by atoms with Crippen LogP contribution < -0.4 is 10.2 Å². The number of hydrogen-bond donors (Lipinski definition) is 3. The standard InChI is InChI=1S/C18H21N5O2.2C2HF3O2/c24-17(22-11-13-3-1-5-19-10-13)15-9-14-4-8-23(12-16(14)25-15)18-20-6-2-7-21-18;2*3-2(4,5)1(6)7/h1-3,5-7,10,14-16H,4,8-9,11-12H2,(H,22,24);2*(H,6,7)/t14-,15-,16+;;/m0../s1. The predicted octanol–water partition coefficient (Wildman–Crippen LogP) is 2.44. The first kappa shape index (κ1) is 31.2. The molecule has 2 aromatic heterocycles. The second-order valence-corrected chi connectivity index (χ2v) is 8.13. The summed E-state index contributed by atoms with van der Waals surface area (Å²) in [5.74, 6) is -4.40. The van der Waals surface area contributed by atoms with Crippen LogP contribution in [0, 0.1) is 5.92 Å². The first-order chi connectivity index (χ1) is 18.2. The summed E-state index contributed by atoms with van der Waals surface area (Å²) in [7, 11) is 0. The largest absolute Gasteiger partial charge is 0.490 e. The van der Waals surface area contributed by atoms with Gasteiger partial charge in [0.1, 0.15) is 6.10 Å². The number of piperidine rings is 1. The van der Waals surface area contributed by atoms with Crippen LogP contribution in [0.4, 0.5) is 32.3 Å². The fourth-order valence-corrected chi connectivity index (χ4v) is 3.54. The van der Waals surface area contributed by atoms with E-state index in [1.165, 1.54) is 0 Å². The van der Waals surface area contributed by atoms with Gasteiger partial charge < -0.3 is 25.2 Å². The van der Waals surface area contributed by atoms with Crippen molar-refractivity contribution < 1.29 is 55.7 Å². The number of carbonyl (C=O) groups excluding carboxylic acids is 1. The van der Waals surface area contributed by atoms with Gasteiger partial charge in [-0.3, -0.25) is 9.78 Å². The van der Waals surface area contributed by atoms with Crippen LogP contribution in [0.5, 0.6) is 0 Å². The number of anilines is 1. The van der Waals surface area contributed by atoms with Crippen LogP contribution in [0.3, 0.4) is 0 Å². The van der Waals surface area contributed by atoms with Crippen LogP contribution in [0.2, 0.25) is 0 Å². The van der Waals surface area contributed by atoms with E-state index in [0.29, 0.717) is 12.5 Å². The molecule has 0 bridgehead atoms. The summed E-state index contributed by atoms with van der Waals surface area (Å²) < 4.78 is 69.5. The second-order valence-electron chi connectivity index (χ2n) is 8.13. The Morgan fingerprint density at radius 3 is 2.10 bits per heavy atom. The minimum absolute atomic E-state index is 0.0410. The summed E-state index contributed by atoms with van der Waals surface area (Å²) in [6, 6.07) is 5.62. The number of halogens is 6. The maximum atomic E-state index is 12.4. The van der Waals surface area contributed by atoms with Gasteiger partial charge in [0.15, 0.2) is 0 Å². The smallest absolute Gasteiger partial charge is 0.475 e. The SMILES string of the molecule is O=C(NCc1cccnc1)[C@@H]1C[C@@H]2CCN(c3ncccn3)C[C@H]2O1.O=C(O)C(F)(F)F.O=C(O)C(F)(F)F. The zero-order valence-corrected chi connectivity index (χ0v) is 19.9. The van der Waals surface area contributed by atoms with Crippen LogP contribution in [0.15, 0.2) is 43.0 Å². The molecule has 3 N–H and O–H groups in total. The van der Waals surface area contributed by atoms with Gasteiger partial charge in [-0.05, 0) is 36.5 Å². The van der Waals surface area contributed by atoms with E-state index < -0.39 is 24.3 Å². The average molecular weight is 567 g/mol. The number of rotatable bonds is 4. The topological polar surface area (TPSA) is 155 Å². The Morgan fingerprint density at radius 2 is 1.59 bits per heavy atom. The molecule has 0 spiro atoms. The number of nitrogens with zero attached hydrogens (tertiary/aromatic N) is 4. The fourth-order valence-electron chi connectivity index (χ4n) is 3.54. The van der Waals surface area contributed by atoms with E-state index in [4.69, 9.17) is 24.5 Å². The first-order valence-corrected chi connectivity index (χ1v) is 11.1. The molecule has 0 aromatic carbocycles. The van der Waals surface area contributed by atoms with Gasteiger partial charge in [-0.15, -0.1) is 0 Å². The van der Waals surface area contributed by atoms with E-state index in [2.05, 4.69) is 25.2 Å². The summed E-state index contributed by atoms with van der Waals surface area (Å²) in [4.78, 5) is 45.0. The summed E-state index contributed by atoms with van der Waals surface area (Å²) >= 11 is 0. The highest BCUT2D eigenvalue weighted by Gasteiger charge is 2.42. The van der Waals surface area contributed by atoms with E-state index in [1.54, 1.807) is 24.8 Å². The first-order valence-electron chi connectivity index (χ1n) is 11.1.